The molecule has 8 heteroatoms. The number of imide groups is 1. The van der Waals surface area contributed by atoms with Crippen LogP contribution in [0.15, 0.2) is 42.6 Å². The molecule has 6 nitrogen and oxygen atoms in total. The zero-order chi connectivity index (χ0) is 20.7. The van der Waals surface area contributed by atoms with Crippen molar-refractivity contribution in [3.8, 4) is 0 Å². The van der Waals surface area contributed by atoms with Crippen molar-refractivity contribution in [1.29, 1.82) is 0 Å². The molecule has 29 heavy (non-hydrogen) atoms. The van der Waals surface area contributed by atoms with Crippen molar-refractivity contribution >= 4 is 34.2 Å². The van der Waals surface area contributed by atoms with Gasteiger partial charge in [0.15, 0.2) is 5.13 Å². The smallest absolute Gasteiger partial charge is 0.261 e. The largest absolute Gasteiger partial charge is 0.298 e. The molecule has 4 rings (SSSR count). The summed E-state index contributed by atoms with van der Waals surface area (Å²) in [5, 5.41) is 3.10. The van der Waals surface area contributed by atoms with Gasteiger partial charge >= 0.3 is 0 Å². The number of anilines is 1. The molecule has 2 aromatic carbocycles. The lowest BCUT2D eigenvalue weighted by Gasteiger charge is -2.03. The molecule has 0 saturated carbocycles. The normalized spacial score (nSPS) is 13.0. The van der Waals surface area contributed by atoms with Crippen molar-refractivity contribution in [2.45, 2.75) is 13.3 Å². The third-order valence-corrected chi connectivity index (χ3v) is 5.65. The molecule has 3 aromatic rings. The predicted molar refractivity (Wildman–Crippen MR) is 107 cm³/mol. The van der Waals surface area contributed by atoms with Crippen molar-refractivity contribution in [2.24, 2.45) is 0 Å². The molecule has 1 aliphatic heterocycles. The van der Waals surface area contributed by atoms with E-state index < -0.39 is 11.8 Å². The maximum atomic E-state index is 13.7. The van der Waals surface area contributed by atoms with Crippen LogP contribution in [-0.2, 0) is 6.42 Å². The van der Waals surface area contributed by atoms with Crippen molar-refractivity contribution < 1.29 is 18.8 Å². The highest BCUT2D eigenvalue weighted by Crippen LogP contribution is 2.25. The summed E-state index contributed by atoms with van der Waals surface area (Å²) in [6.07, 6.45) is 2.14. The van der Waals surface area contributed by atoms with E-state index in [1.807, 2.05) is 6.07 Å². The Balaban J connectivity index is 1.48. The number of hydrogen-bond acceptors (Lipinski definition) is 5. The highest BCUT2D eigenvalue weighted by molar-refractivity contribution is 7.15. The van der Waals surface area contributed by atoms with Crippen LogP contribution < -0.4 is 5.32 Å². The Bertz CT molecular complexity index is 1170. The van der Waals surface area contributed by atoms with Gasteiger partial charge in [0, 0.05) is 30.1 Å². The fourth-order valence-corrected chi connectivity index (χ4v) is 3.91. The molecule has 0 fully saturated rings. The van der Waals surface area contributed by atoms with E-state index in [1.54, 1.807) is 19.2 Å². The molecule has 1 N–H and O–H groups in total. The second-order valence-electron chi connectivity index (χ2n) is 6.78. The quantitative estimate of drug-likeness (QED) is 0.667. The molecule has 146 valence electrons. The minimum Gasteiger partial charge on any atom is -0.298 e. The molecule has 1 aliphatic rings. The lowest BCUT2D eigenvalue weighted by molar-refractivity contribution is 0.0693. The number of aromatic nitrogens is 1. The summed E-state index contributed by atoms with van der Waals surface area (Å²) in [6, 6.07) is 9.47. The Labute approximate surface area is 170 Å². The van der Waals surface area contributed by atoms with Gasteiger partial charge in [-0.15, -0.1) is 11.3 Å². The number of halogens is 1. The molecule has 0 spiro atoms. The zero-order valence-corrected chi connectivity index (χ0v) is 16.5. The van der Waals surface area contributed by atoms with Crippen molar-refractivity contribution in [3.05, 3.63) is 81.1 Å². The van der Waals surface area contributed by atoms with Crippen LogP contribution in [0.2, 0.25) is 0 Å². The number of carbonyl (C=O) groups is 3. The molecule has 0 bridgehead atoms. The summed E-state index contributed by atoms with van der Waals surface area (Å²) >= 11 is 1.29. The summed E-state index contributed by atoms with van der Waals surface area (Å²) in [6.45, 7) is 1.71. The Morgan fingerprint density at radius 3 is 2.66 bits per heavy atom. The van der Waals surface area contributed by atoms with E-state index in [9.17, 15) is 18.8 Å². The summed E-state index contributed by atoms with van der Waals surface area (Å²) in [5.41, 5.74) is 2.17. The molecule has 0 aliphatic carbocycles. The third kappa shape index (κ3) is 3.54. The Morgan fingerprint density at radius 2 is 1.90 bits per heavy atom. The van der Waals surface area contributed by atoms with Gasteiger partial charge in [0.05, 0.1) is 11.1 Å². The van der Waals surface area contributed by atoms with Crippen LogP contribution in [0.4, 0.5) is 9.52 Å². The number of carbonyl (C=O) groups excluding carboxylic acids is 3. The maximum absolute atomic E-state index is 13.7. The van der Waals surface area contributed by atoms with E-state index >= 15 is 0 Å². The second kappa shape index (κ2) is 7.21. The molecule has 1 aromatic heterocycles. The van der Waals surface area contributed by atoms with Gasteiger partial charge in [0.1, 0.15) is 5.82 Å². The topological polar surface area (TPSA) is 79.4 Å². The highest BCUT2D eigenvalue weighted by Gasteiger charge is 2.33. The first-order valence-electron chi connectivity index (χ1n) is 8.81. The minimum absolute atomic E-state index is 0.214. The van der Waals surface area contributed by atoms with Gasteiger partial charge in [-0.2, -0.15) is 0 Å². The SMILES string of the molecule is Cc1ccc(Cc2cnc(NC(=O)c3ccc4c(c3)C(=O)N(C)C4=O)s2)cc1F. The van der Waals surface area contributed by atoms with Crippen LogP contribution in [-0.4, -0.2) is 34.7 Å². The number of nitrogens with zero attached hydrogens (tertiary/aromatic N) is 2. The van der Waals surface area contributed by atoms with Gasteiger partial charge in [-0.1, -0.05) is 12.1 Å². The number of nitrogens with one attached hydrogen (secondary N) is 1. The van der Waals surface area contributed by atoms with Crippen molar-refractivity contribution in [2.75, 3.05) is 12.4 Å². The second-order valence-corrected chi connectivity index (χ2v) is 7.89. The molecule has 0 atom stereocenters. The first-order chi connectivity index (χ1) is 13.8. The average molecular weight is 409 g/mol. The van der Waals surface area contributed by atoms with Gasteiger partial charge in [-0.25, -0.2) is 9.37 Å². The lowest BCUT2D eigenvalue weighted by Crippen LogP contribution is -2.24. The number of rotatable bonds is 4. The highest BCUT2D eigenvalue weighted by atomic mass is 32.1. The molecule has 0 unspecified atom stereocenters. The molecular weight excluding hydrogens is 393 g/mol. The first kappa shape index (κ1) is 18.9. The lowest BCUT2D eigenvalue weighted by atomic mass is 10.1. The van der Waals surface area contributed by atoms with Gasteiger partial charge in [-0.05, 0) is 42.3 Å². The third-order valence-electron chi connectivity index (χ3n) is 4.74. The van der Waals surface area contributed by atoms with Crippen LogP contribution in [0.1, 0.15) is 47.1 Å². The molecule has 3 amide bonds. The van der Waals surface area contributed by atoms with Crippen LogP contribution in [0, 0.1) is 12.7 Å². The van der Waals surface area contributed by atoms with E-state index in [0.717, 1.165) is 15.3 Å². The van der Waals surface area contributed by atoms with Crippen molar-refractivity contribution in [3.63, 3.8) is 0 Å². The monoisotopic (exact) mass is 409 g/mol. The fourth-order valence-electron chi connectivity index (χ4n) is 3.07. The summed E-state index contributed by atoms with van der Waals surface area (Å²) in [4.78, 5) is 42.7. The molecule has 2 heterocycles. The predicted octanol–water partition coefficient (Wildman–Crippen LogP) is 3.66. The minimum atomic E-state index is -0.429. The van der Waals surface area contributed by atoms with Gasteiger partial charge in [-0.3, -0.25) is 24.6 Å². The summed E-state index contributed by atoms with van der Waals surface area (Å²) in [7, 11) is 1.40. The maximum Gasteiger partial charge on any atom is 0.261 e. The zero-order valence-electron chi connectivity index (χ0n) is 15.7. The molecule has 0 radical (unpaired) electrons. The van der Waals surface area contributed by atoms with E-state index in [4.69, 9.17) is 0 Å². The number of benzene rings is 2. The average Bonchev–Trinajstić information content (AvgIpc) is 3.23. The van der Waals surface area contributed by atoms with E-state index in [-0.39, 0.29) is 28.4 Å². The number of amides is 3. The van der Waals surface area contributed by atoms with Crippen molar-refractivity contribution in [1.82, 2.24) is 9.88 Å². The molecular formula is C21H16FN3O3S. The van der Waals surface area contributed by atoms with Gasteiger partial charge in [0.25, 0.3) is 17.7 Å². The Hall–Kier alpha value is -3.39. The first-order valence-corrected chi connectivity index (χ1v) is 9.62. The Kier molecular flexibility index (Phi) is 4.71. The van der Waals surface area contributed by atoms with Crippen LogP contribution >= 0.6 is 11.3 Å². The van der Waals surface area contributed by atoms with Crippen LogP contribution in [0.25, 0.3) is 0 Å². The van der Waals surface area contributed by atoms with Gasteiger partial charge in [0.2, 0.25) is 0 Å². The number of fused-ring (bicyclic) bond motifs is 1. The summed E-state index contributed by atoms with van der Waals surface area (Å²) < 4.78 is 13.7. The number of thiazole rings is 1. The standard InChI is InChI=1S/C21H16FN3O3S/c1-11-3-4-12(8-17(11)22)7-14-10-23-21(29-14)24-18(26)13-5-6-15-16(9-13)20(28)25(2)19(15)27/h3-6,8-10H,7H2,1-2H3,(H,23,24,26). The van der Waals surface area contributed by atoms with E-state index in [2.05, 4.69) is 10.3 Å². The van der Waals surface area contributed by atoms with E-state index in [1.165, 1.54) is 42.6 Å². The number of hydrogen-bond donors (Lipinski definition) is 1. The number of aryl methyl sites for hydroxylation is 1. The van der Waals surface area contributed by atoms with Gasteiger partial charge < -0.3 is 0 Å². The summed E-state index contributed by atoms with van der Waals surface area (Å²) in [5.74, 6) is -1.49. The Morgan fingerprint density at radius 1 is 1.14 bits per heavy atom. The fraction of sp³-hybridized carbons (Fsp3) is 0.143. The van der Waals surface area contributed by atoms with Crippen LogP contribution in [0.3, 0.4) is 0 Å². The van der Waals surface area contributed by atoms with E-state index in [0.29, 0.717) is 17.1 Å². The molecule has 0 saturated heterocycles. The van der Waals surface area contributed by atoms with Crippen LogP contribution in [0.5, 0.6) is 0 Å².